The minimum atomic E-state index is -1.01. The number of amides is 1. The summed E-state index contributed by atoms with van der Waals surface area (Å²) in [6.07, 6.45) is 4.00. The van der Waals surface area contributed by atoms with E-state index < -0.39 is 16.9 Å². The molecule has 1 amide bonds. The van der Waals surface area contributed by atoms with Crippen molar-refractivity contribution in [3.8, 4) is 0 Å². The molecule has 0 bridgehead atoms. The Labute approximate surface area is 145 Å². The van der Waals surface area contributed by atoms with Crippen LogP contribution in [0, 0.1) is 0 Å². The molecule has 0 aromatic carbocycles. The molecule has 0 saturated carbocycles. The number of carboxylic acids is 1. The van der Waals surface area contributed by atoms with Gasteiger partial charge in [-0.05, 0) is 44.9 Å². The lowest BCUT2D eigenvalue weighted by Crippen LogP contribution is -2.49. The van der Waals surface area contributed by atoms with Gasteiger partial charge in [0, 0.05) is 35.6 Å². The van der Waals surface area contributed by atoms with Crippen LogP contribution in [0.3, 0.4) is 0 Å². The maximum atomic E-state index is 13.5. The monoisotopic (exact) mass is 337 g/mol. The summed E-state index contributed by atoms with van der Waals surface area (Å²) in [5, 5.41) is 9.21. The summed E-state index contributed by atoms with van der Waals surface area (Å²) >= 11 is 0. The van der Waals surface area contributed by atoms with Crippen molar-refractivity contribution in [3.05, 3.63) is 53.0 Å². The number of hydrogen-bond donors (Lipinski definition) is 1. The summed E-state index contributed by atoms with van der Waals surface area (Å²) in [5.74, 6) is -0.290. The molecule has 3 heterocycles. The highest BCUT2D eigenvalue weighted by molar-refractivity contribution is 6.09. The van der Waals surface area contributed by atoms with Crippen molar-refractivity contribution in [2.24, 2.45) is 0 Å². The Morgan fingerprint density at radius 2 is 2.04 bits per heavy atom. The summed E-state index contributed by atoms with van der Waals surface area (Å²) < 4.78 is 0. The molecular weight excluding hydrogens is 318 g/mol. The van der Waals surface area contributed by atoms with E-state index in [0.29, 0.717) is 18.7 Å². The van der Waals surface area contributed by atoms with Crippen LogP contribution in [0.25, 0.3) is 0 Å². The number of hydrogen-bond acceptors (Lipinski definition) is 4. The molecule has 0 radical (unpaired) electrons. The SMILES string of the molecule is CC(C)(C)N1C(=O)[C@@]2(Cc3cc(C(=O)O)cnc3C2)c2cccnc21. The zero-order chi connectivity index (χ0) is 18.0. The smallest absolute Gasteiger partial charge is 0.337 e. The van der Waals surface area contributed by atoms with Gasteiger partial charge in [0.25, 0.3) is 0 Å². The fourth-order valence-electron chi connectivity index (χ4n) is 3.98. The number of carboxylic acid groups (broad SMARTS) is 1. The molecule has 1 spiro atoms. The summed E-state index contributed by atoms with van der Waals surface area (Å²) in [6.45, 7) is 5.97. The van der Waals surface area contributed by atoms with E-state index in [9.17, 15) is 14.7 Å². The molecule has 6 nitrogen and oxygen atoms in total. The van der Waals surface area contributed by atoms with Gasteiger partial charge in [-0.3, -0.25) is 14.7 Å². The highest BCUT2D eigenvalue weighted by Crippen LogP contribution is 2.50. The Morgan fingerprint density at radius 1 is 1.28 bits per heavy atom. The summed E-state index contributed by atoms with van der Waals surface area (Å²) in [5.41, 5.74) is 1.56. The number of anilines is 1. The minimum Gasteiger partial charge on any atom is -0.478 e. The van der Waals surface area contributed by atoms with Crippen LogP contribution < -0.4 is 4.90 Å². The van der Waals surface area contributed by atoms with Crippen molar-refractivity contribution in [1.82, 2.24) is 9.97 Å². The molecule has 2 aromatic rings. The molecular formula is C19H19N3O3. The molecule has 1 N–H and O–H groups in total. The van der Waals surface area contributed by atoms with Gasteiger partial charge >= 0.3 is 5.97 Å². The minimum absolute atomic E-state index is 0.0172. The molecule has 1 aliphatic carbocycles. The second kappa shape index (κ2) is 4.88. The Bertz CT molecular complexity index is 916. The number of aromatic carboxylic acids is 1. The summed E-state index contributed by atoms with van der Waals surface area (Å²) in [7, 11) is 0. The number of fused-ring (bicyclic) bond motifs is 3. The third-order valence-electron chi connectivity index (χ3n) is 5.07. The maximum Gasteiger partial charge on any atom is 0.337 e. The zero-order valence-corrected chi connectivity index (χ0v) is 14.4. The second-order valence-corrected chi connectivity index (χ2v) is 7.76. The number of pyridine rings is 2. The maximum absolute atomic E-state index is 13.5. The van der Waals surface area contributed by atoms with Crippen LogP contribution in [-0.2, 0) is 23.1 Å². The van der Waals surface area contributed by atoms with Crippen molar-refractivity contribution in [2.75, 3.05) is 4.90 Å². The second-order valence-electron chi connectivity index (χ2n) is 7.76. The summed E-state index contributed by atoms with van der Waals surface area (Å²) in [6, 6.07) is 5.44. The topological polar surface area (TPSA) is 83.4 Å². The van der Waals surface area contributed by atoms with Crippen LogP contribution in [0.5, 0.6) is 0 Å². The highest BCUT2D eigenvalue weighted by Gasteiger charge is 2.57. The highest BCUT2D eigenvalue weighted by atomic mass is 16.4. The van der Waals surface area contributed by atoms with E-state index >= 15 is 0 Å². The van der Waals surface area contributed by atoms with Crippen LogP contribution in [0.2, 0.25) is 0 Å². The van der Waals surface area contributed by atoms with Gasteiger partial charge in [0.2, 0.25) is 5.91 Å². The lowest BCUT2D eigenvalue weighted by Gasteiger charge is -2.33. The van der Waals surface area contributed by atoms with E-state index in [4.69, 9.17) is 0 Å². The van der Waals surface area contributed by atoms with Gasteiger partial charge in [-0.15, -0.1) is 0 Å². The summed E-state index contributed by atoms with van der Waals surface area (Å²) in [4.78, 5) is 35.3. The van der Waals surface area contributed by atoms with Crippen LogP contribution >= 0.6 is 0 Å². The van der Waals surface area contributed by atoms with Crippen LogP contribution in [-0.4, -0.2) is 32.5 Å². The first-order chi connectivity index (χ1) is 11.7. The fourth-order valence-corrected chi connectivity index (χ4v) is 3.98. The van der Waals surface area contributed by atoms with Crippen molar-refractivity contribution in [1.29, 1.82) is 0 Å². The molecule has 0 saturated heterocycles. The van der Waals surface area contributed by atoms with E-state index in [1.807, 2.05) is 32.9 Å². The molecule has 2 aliphatic rings. The number of carbonyl (C=O) groups is 2. The first-order valence-electron chi connectivity index (χ1n) is 8.25. The predicted molar refractivity (Wildman–Crippen MR) is 91.8 cm³/mol. The average Bonchev–Trinajstić information content (AvgIpc) is 3.03. The molecule has 0 fully saturated rings. The Morgan fingerprint density at radius 3 is 2.72 bits per heavy atom. The first kappa shape index (κ1) is 15.7. The van der Waals surface area contributed by atoms with Gasteiger partial charge in [-0.2, -0.15) is 0 Å². The average molecular weight is 337 g/mol. The number of rotatable bonds is 1. The Kier molecular flexibility index (Phi) is 3.07. The number of nitrogens with zero attached hydrogens (tertiary/aromatic N) is 3. The Balaban J connectivity index is 1.86. The van der Waals surface area contributed by atoms with Gasteiger partial charge in [-0.25, -0.2) is 9.78 Å². The van der Waals surface area contributed by atoms with Crippen LogP contribution in [0.4, 0.5) is 5.82 Å². The van der Waals surface area contributed by atoms with Crippen molar-refractivity contribution in [2.45, 2.75) is 44.6 Å². The molecule has 25 heavy (non-hydrogen) atoms. The number of carbonyl (C=O) groups excluding carboxylic acids is 1. The lowest BCUT2D eigenvalue weighted by atomic mass is 9.79. The van der Waals surface area contributed by atoms with Crippen LogP contribution in [0.15, 0.2) is 30.6 Å². The molecule has 6 heteroatoms. The van der Waals surface area contributed by atoms with Crippen molar-refractivity contribution in [3.63, 3.8) is 0 Å². The third-order valence-corrected chi connectivity index (χ3v) is 5.07. The molecule has 0 unspecified atom stereocenters. The normalized spacial score (nSPS) is 21.6. The van der Waals surface area contributed by atoms with Gasteiger partial charge < -0.3 is 5.11 Å². The van der Waals surface area contributed by atoms with Crippen molar-refractivity contribution >= 4 is 17.7 Å². The van der Waals surface area contributed by atoms with E-state index in [1.165, 1.54) is 6.20 Å². The number of aromatic nitrogens is 2. The quantitative estimate of drug-likeness (QED) is 0.863. The van der Waals surface area contributed by atoms with E-state index in [2.05, 4.69) is 9.97 Å². The zero-order valence-electron chi connectivity index (χ0n) is 14.4. The molecule has 4 rings (SSSR count). The third kappa shape index (κ3) is 2.10. The van der Waals surface area contributed by atoms with Crippen LogP contribution in [0.1, 0.15) is 48.0 Å². The van der Waals surface area contributed by atoms with E-state index in [0.717, 1.165) is 16.8 Å². The van der Waals surface area contributed by atoms with E-state index in [-0.39, 0.29) is 11.5 Å². The van der Waals surface area contributed by atoms with Gasteiger partial charge in [0.05, 0.1) is 11.0 Å². The largest absolute Gasteiger partial charge is 0.478 e. The van der Waals surface area contributed by atoms with Gasteiger partial charge in [-0.1, -0.05) is 6.07 Å². The predicted octanol–water partition coefficient (Wildman–Crippen LogP) is 2.36. The van der Waals surface area contributed by atoms with E-state index in [1.54, 1.807) is 17.2 Å². The standard InChI is InChI=1S/C19H19N3O3/c1-18(2,3)22-15-13(5-4-6-20-15)19(17(22)25)8-11-7-12(16(23)24)10-21-14(11)9-19/h4-7,10H,8-9H2,1-3H3,(H,23,24)/t19-/m1/s1. The molecule has 1 aliphatic heterocycles. The Hall–Kier alpha value is -2.76. The fraction of sp³-hybridized carbons (Fsp3) is 0.368. The lowest BCUT2D eigenvalue weighted by molar-refractivity contribution is -0.123. The molecule has 128 valence electrons. The first-order valence-corrected chi connectivity index (χ1v) is 8.25. The van der Waals surface area contributed by atoms with Gasteiger partial charge in [0.1, 0.15) is 5.82 Å². The van der Waals surface area contributed by atoms with Crippen molar-refractivity contribution < 1.29 is 14.7 Å². The molecule has 1 atom stereocenters. The molecule has 2 aromatic heterocycles. The van der Waals surface area contributed by atoms with Gasteiger partial charge in [0.15, 0.2) is 0 Å².